The molecule has 0 saturated carbocycles. The number of halogens is 2. The van der Waals surface area contributed by atoms with Crippen molar-refractivity contribution in [3.63, 3.8) is 0 Å². The Bertz CT molecular complexity index is 779. The molecule has 1 aromatic heterocycles. The Kier molecular flexibility index (Phi) is 4.76. The summed E-state index contributed by atoms with van der Waals surface area (Å²) >= 11 is 0. The Balaban J connectivity index is 1.87. The van der Waals surface area contributed by atoms with Crippen LogP contribution in [0.15, 0.2) is 18.2 Å². The van der Waals surface area contributed by atoms with Crippen LogP contribution in [0.3, 0.4) is 0 Å². The van der Waals surface area contributed by atoms with Crippen molar-refractivity contribution in [3.8, 4) is 0 Å². The van der Waals surface area contributed by atoms with Crippen LogP contribution in [0, 0.1) is 24.5 Å². The Morgan fingerprint density at radius 1 is 1.33 bits per heavy atom. The van der Waals surface area contributed by atoms with E-state index >= 15 is 0 Å². The third-order valence-corrected chi connectivity index (χ3v) is 4.41. The first kappa shape index (κ1) is 16.8. The molecule has 0 N–H and O–H groups in total. The molecule has 0 unspecified atom stereocenters. The molecule has 2 aromatic rings. The monoisotopic (exact) mass is 334 g/mol. The second-order valence-corrected chi connectivity index (χ2v) is 6.31. The summed E-state index contributed by atoms with van der Waals surface area (Å²) in [7, 11) is 1.60. The molecule has 1 aliphatic heterocycles. The number of aromatic nitrogens is 1. The van der Waals surface area contributed by atoms with E-state index in [0.29, 0.717) is 43.6 Å². The summed E-state index contributed by atoms with van der Waals surface area (Å²) in [5.41, 5.74) is 1.71. The van der Waals surface area contributed by atoms with Gasteiger partial charge >= 0.3 is 0 Å². The molecule has 1 fully saturated rings. The average molecular weight is 334 g/mol. The van der Waals surface area contributed by atoms with Crippen molar-refractivity contribution in [2.24, 2.45) is 5.92 Å². The number of hydrogen-bond donors (Lipinski definition) is 0. The van der Waals surface area contributed by atoms with Crippen molar-refractivity contribution in [2.75, 3.05) is 26.8 Å². The molecule has 24 heavy (non-hydrogen) atoms. The highest BCUT2D eigenvalue weighted by Gasteiger charge is 2.29. The van der Waals surface area contributed by atoms with Gasteiger partial charge in [0.25, 0.3) is 0 Å². The van der Waals surface area contributed by atoms with Gasteiger partial charge in [-0.1, -0.05) is 0 Å². The third kappa shape index (κ3) is 3.38. The van der Waals surface area contributed by atoms with E-state index in [2.05, 4.69) is 4.98 Å². The van der Waals surface area contributed by atoms with Gasteiger partial charge in [0.15, 0.2) is 5.82 Å². The maximum absolute atomic E-state index is 14.0. The summed E-state index contributed by atoms with van der Waals surface area (Å²) < 4.78 is 32.6. The standard InChI is InChI=1S/C18H20F2N2O2/c1-11-5-13(15-8-14(19)9-16(20)18(15)21-11)6-12-7-17(23)22(10-12)3-4-24-2/h5,8-9,12H,3-4,6-7,10H2,1-2H3/t12-/m0/s1. The van der Waals surface area contributed by atoms with Crippen LogP contribution >= 0.6 is 0 Å². The molecule has 1 atom stereocenters. The van der Waals surface area contributed by atoms with E-state index in [1.54, 1.807) is 18.9 Å². The fraction of sp³-hybridized carbons (Fsp3) is 0.444. The molecule has 128 valence electrons. The highest BCUT2D eigenvalue weighted by molar-refractivity contribution is 5.83. The molecule has 1 amide bonds. The zero-order valence-electron chi connectivity index (χ0n) is 13.8. The van der Waals surface area contributed by atoms with Crippen LogP contribution in [0.1, 0.15) is 17.7 Å². The molecule has 2 heterocycles. The summed E-state index contributed by atoms with van der Waals surface area (Å²) in [6.07, 6.45) is 1.04. The fourth-order valence-corrected chi connectivity index (χ4v) is 3.35. The van der Waals surface area contributed by atoms with Crippen LogP contribution in [0.4, 0.5) is 8.78 Å². The fourth-order valence-electron chi connectivity index (χ4n) is 3.35. The Morgan fingerprint density at radius 3 is 2.88 bits per heavy atom. The normalized spacial score (nSPS) is 17.9. The van der Waals surface area contributed by atoms with E-state index in [9.17, 15) is 13.6 Å². The largest absolute Gasteiger partial charge is 0.383 e. The number of nitrogens with zero attached hydrogens (tertiary/aromatic N) is 2. The molecule has 0 radical (unpaired) electrons. The summed E-state index contributed by atoms with van der Waals surface area (Å²) in [5.74, 6) is -1.04. The molecule has 1 aromatic carbocycles. The lowest BCUT2D eigenvalue weighted by Gasteiger charge is -2.16. The maximum Gasteiger partial charge on any atom is 0.223 e. The number of fused-ring (bicyclic) bond motifs is 1. The van der Waals surface area contributed by atoms with Crippen LogP contribution in [-0.4, -0.2) is 42.6 Å². The Hall–Kier alpha value is -2.08. The number of hydrogen-bond acceptors (Lipinski definition) is 3. The first-order valence-corrected chi connectivity index (χ1v) is 8.00. The third-order valence-electron chi connectivity index (χ3n) is 4.41. The highest BCUT2D eigenvalue weighted by atomic mass is 19.1. The van der Waals surface area contributed by atoms with Gasteiger partial charge in [0.2, 0.25) is 5.91 Å². The number of methoxy groups -OCH3 is 1. The van der Waals surface area contributed by atoms with Gasteiger partial charge in [-0.05, 0) is 37.0 Å². The minimum Gasteiger partial charge on any atom is -0.383 e. The molecule has 0 bridgehead atoms. The molecule has 4 nitrogen and oxygen atoms in total. The maximum atomic E-state index is 14.0. The number of benzene rings is 1. The lowest BCUT2D eigenvalue weighted by molar-refractivity contribution is -0.128. The topological polar surface area (TPSA) is 42.4 Å². The average Bonchev–Trinajstić information content (AvgIpc) is 2.86. The second kappa shape index (κ2) is 6.81. The van der Waals surface area contributed by atoms with Crippen LogP contribution in [0.5, 0.6) is 0 Å². The number of aryl methyl sites for hydroxylation is 1. The van der Waals surface area contributed by atoms with E-state index in [1.807, 2.05) is 6.07 Å². The number of carbonyl (C=O) groups is 1. The van der Waals surface area contributed by atoms with Crippen molar-refractivity contribution < 1.29 is 18.3 Å². The highest BCUT2D eigenvalue weighted by Crippen LogP contribution is 2.28. The molecule has 1 saturated heterocycles. The zero-order valence-corrected chi connectivity index (χ0v) is 13.8. The predicted octanol–water partition coefficient (Wildman–Crippen LogP) is 2.86. The van der Waals surface area contributed by atoms with Crippen LogP contribution < -0.4 is 0 Å². The summed E-state index contributed by atoms with van der Waals surface area (Å²) in [4.78, 5) is 18.0. The van der Waals surface area contributed by atoms with Crippen molar-refractivity contribution in [3.05, 3.63) is 41.1 Å². The van der Waals surface area contributed by atoms with Gasteiger partial charge in [0.1, 0.15) is 11.3 Å². The van der Waals surface area contributed by atoms with Gasteiger partial charge in [0, 0.05) is 43.8 Å². The quantitative estimate of drug-likeness (QED) is 0.844. The van der Waals surface area contributed by atoms with E-state index < -0.39 is 11.6 Å². The molecule has 0 spiro atoms. The lowest BCUT2D eigenvalue weighted by atomic mass is 9.95. The van der Waals surface area contributed by atoms with E-state index in [1.165, 1.54) is 6.07 Å². The summed E-state index contributed by atoms with van der Waals surface area (Å²) in [6.45, 7) is 3.51. The van der Waals surface area contributed by atoms with Crippen molar-refractivity contribution in [1.82, 2.24) is 9.88 Å². The molecule has 1 aliphatic rings. The molecular formula is C18H20F2N2O2. The first-order valence-electron chi connectivity index (χ1n) is 8.00. The Morgan fingerprint density at radius 2 is 2.12 bits per heavy atom. The SMILES string of the molecule is COCCN1C[C@@H](Cc2cc(C)nc3c(F)cc(F)cc23)CC1=O. The van der Waals surface area contributed by atoms with E-state index in [4.69, 9.17) is 4.74 Å². The van der Waals surface area contributed by atoms with Crippen molar-refractivity contribution in [1.29, 1.82) is 0 Å². The molecule has 6 heteroatoms. The van der Waals surface area contributed by atoms with Crippen molar-refractivity contribution >= 4 is 16.8 Å². The van der Waals surface area contributed by atoms with E-state index in [-0.39, 0.29) is 17.3 Å². The van der Waals surface area contributed by atoms with Crippen molar-refractivity contribution in [2.45, 2.75) is 19.8 Å². The van der Waals surface area contributed by atoms with Gasteiger partial charge in [-0.3, -0.25) is 9.78 Å². The van der Waals surface area contributed by atoms with E-state index in [0.717, 1.165) is 11.6 Å². The molecule has 0 aliphatic carbocycles. The lowest BCUT2D eigenvalue weighted by Crippen LogP contribution is -2.28. The van der Waals surface area contributed by atoms with Gasteiger partial charge < -0.3 is 9.64 Å². The van der Waals surface area contributed by atoms with Crippen LogP contribution in [0.25, 0.3) is 10.9 Å². The number of ether oxygens (including phenoxy) is 1. The van der Waals surface area contributed by atoms with Gasteiger partial charge in [-0.15, -0.1) is 0 Å². The van der Waals surface area contributed by atoms with Gasteiger partial charge in [-0.25, -0.2) is 8.78 Å². The molecule has 3 rings (SSSR count). The number of carbonyl (C=O) groups excluding carboxylic acids is 1. The zero-order chi connectivity index (χ0) is 17.3. The Labute approximate surface area is 139 Å². The first-order chi connectivity index (χ1) is 11.5. The number of amides is 1. The number of likely N-dealkylation sites (tertiary alicyclic amines) is 1. The van der Waals surface area contributed by atoms with Gasteiger partial charge in [0.05, 0.1) is 6.61 Å². The minimum absolute atomic E-state index is 0.101. The predicted molar refractivity (Wildman–Crippen MR) is 86.7 cm³/mol. The van der Waals surface area contributed by atoms with Gasteiger partial charge in [-0.2, -0.15) is 0 Å². The summed E-state index contributed by atoms with van der Waals surface area (Å²) in [6, 6.07) is 4.02. The second-order valence-electron chi connectivity index (χ2n) is 6.31. The minimum atomic E-state index is -0.654. The summed E-state index contributed by atoms with van der Waals surface area (Å²) in [5, 5.41) is 0.487. The van der Waals surface area contributed by atoms with Crippen LogP contribution in [-0.2, 0) is 16.0 Å². The number of rotatable bonds is 5. The van der Waals surface area contributed by atoms with Crippen LogP contribution in [0.2, 0.25) is 0 Å². The smallest absolute Gasteiger partial charge is 0.223 e. The number of pyridine rings is 1. The molecular weight excluding hydrogens is 314 g/mol.